The molecule has 1 fully saturated rings. The summed E-state index contributed by atoms with van der Waals surface area (Å²) in [5.41, 5.74) is 5.23. The number of nitrogens with zero attached hydrogens (tertiary/aromatic N) is 2. The van der Waals surface area contributed by atoms with Crippen LogP contribution in [0.25, 0.3) is 0 Å². The van der Waals surface area contributed by atoms with Gasteiger partial charge in [0.2, 0.25) is 0 Å². The van der Waals surface area contributed by atoms with Crippen LogP contribution in [0.4, 0.5) is 4.79 Å². The summed E-state index contributed by atoms with van der Waals surface area (Å²) in [5.74, 6) is 0.396. The molecule has 12 heavy (non-hydrogen) atoms. The normalized spacial score (nSPS) is 34.9. The van der Waals surface area contributed by atoms with E-state index >= 15 is 0 Å². The summed E-state index contributed by atoms with van der Waals surface area (Å²) < 4.78 is 5.22. The Labute approximate surface area is 70.2 Å². The van der Waals surface area contributed by atoms with Crippen LogP contribution in [0.5, 0.6) is 0 Å². The molecule has 0 aromatic rings. The van der Waals surface area contributed by atoms with E-state index in [1.165, 1.54) is 0 Å². The maximum absolute atomic E-state index is 11.1. The van der Waals surface area contributed by atoms with E-state index in [1.807, 2.05) is 0 Å². The average Bonchev–Trinajstić information content (AvgIpc) is 2.57. The molecule has 0 aromatic carbocycles. The molecule has 0 bridgehead atoms. The number of ether oxygens (including phenoxy) is 1. The fraction of sp³-hybridized carbons (Fsp3) is 0.714. The molecule has 2 amide bonds. The van der Waals surface area contributed by atoms with E-state index in [-0.39, 0.29) is 6.03 Å². The first-order chi connectivity index (χ1) is 5.67. The van der Waals surface area contributed by atoms with Crippen LogP contribution >= 0.6 is 0 Å². The largest absolute Gasteiger partial charge is 0.385 e. The molecule has 5 heteroatoms. The summed E-state index contributed by atoms with van der Waals surface area (Å²) >= 11 is 0. The molecule has 1 atom stereocenters. The summed E-state index contributed by atoms with van der Waals surface area (Å²) in [6, 6.07) is -0.266. The molecule has 1 saturated heterocycles. The number of nitrogens with two attached hydrogens (primary N) is 1. The van der Waals surface area contributed by atoms with Gasteiger partial charge in [-0.15, -0.1) is 0 Å². The van der Waals surface area contributed by atoms with Gasteiger partial charge in [0.1, 0.15) is 11.4 Å². The summed E-state index contributed by atoms with van der Waals surface area (Å²) in [6.45, 7) is 1.12. The number of carbonyl (C=O) groups is 1. The fourth-order valence-electron chi connectivity index (χ4n) is 1.66. The van der Waals surface area contributed by atoms with Gasteiger partial charge in [0, 0.05) is 20.1 Å². The number of aliphatic imine (C=N–C) groups is 1. The van der Waals surface area contributed by atoms with Gasteiger partial charge in [-0.25, -0.2) is 4.79 Å². The highest BCUT2D eigenvalue weighted by atomic mass is 16.5. The second-order valence-corrected chi connectivity index (χ2v) is 3.17. The van der Waals surface area contributed by atoms with Crippen molar-refractivity contribution in [2.24, 2.45) is 10.7 Å². The summed E-state index contributed by atoms with van der Waals surface area (Å²) in [7, 11) is 1.71. The molecule has 0 aliphatic carbocycles. The molecular formula is C7H11N3O2. The fourth-order valence-corrected chi connectivity index (χ4v) is 1.66. The molecule has 2 rings (SSSR count). The van der Waals surface area contributed by atoms with Crippen LogP contribution in [-0.4, -0.2) is 42.6 Å². The van der Waals surface area contributed by atoms with Crippen LogP contribution in [-0.2, 0) is 4.74 Å². The van der Waals surface area contributed by atoms with E-state index in [4.69, 9.17) is 10.5 Å². The van der Waals surface area contributed by atoms with E-state index in [0.29, 0.717) is 19.0 Å². The van der Waals surface area contributed by atoms with Crippen molar-refractivity contribution in [2.75, 3.05) is 20.3 Å². The number of likely N-dealkylation sites (N-methyl/N-ethyl adjacent to an activating group) is 1. The standard InChI is InChI=1S/C7H11N3O2/c1-10-6(11)9-5(8)7(10)2-3-12-4-7/h2-4H2,1H3,(H2,8,9,11). The van der Waals surface area contributed by atoms with Crippen molar-refractivity contribution in [1.82, 2.24) is 4.90 Å². The Balaban J connectivity index is 2.36. The minimum Gasteiger partial charge on any atom is -0.385 e. The Bertz CT molecular complexity index is 255. The first-order valence-corrected chi connectivity index (χ1v) is 3.87. The third-order valence-electron chi connectivity index (χ3n) is 2.62. The zero-order valence-corrected chi connectivity index (χ0v) is 6.91. The Morgan fingerprint density at radius 3 is 2.92 bits per heavy atom. The lowest BCUT2D eigenvalue weighted by molar-refractivity contribution is 0.149. The number of hydrogen-bond donors (Lipinski definition) is 1. The Morgan fingerprint density at radius 1 is 1.75 bits per heavy atom. The van der Waals surface area contributed by atoms with Gasteiger partial charge < -0.3 is 15.4 Å². The number of hydrogen-bond acceptors (Lipinski definition) is 3. The first kappa shape index (κ1) is 7.54. The van der Waals surface area contributed by atoms with Gasteiger partial charge in [0.25, 0.3) is 0 Å². The Hall–Kier alpha value is -1.10. The monoisotopic (exact) mass is 169 g/mol. The Kier molecular flexibility index (Phi) is 1.38. The topological polar surface area (TPSA) is 67.9 Å². The SMILES string of the molecule is CN1C(=O)N=C(N)C12CCOC2. The minimum absolute atomic E-state index is 0.266. The van der Waals surface area contributed by atoms with Crippen LogP contribution in [0.3, 0.4) is 0 Å². The smallest absolute Gasteiger partial charge is 0.345 e. The average molecular weight is 169 g/mol. The summed E-state index contributed by atoms with van der Waals surface area (Å²) in [5, 5.41) is 0. The predicted octanol–water partition coefficient (Wildman–Crippen LogP) is -0.432. The van der Waals surface area contributed by atoms with Crippen molar-refractivity contribution in [2.45, 2.75) is 12.0 Å². The van der Waals surface area contributed by atoms with E-state index in [0.717, 1.165) is 6.42 Å². The lowest BCUT2D eigenvalue weighted by Crippen LogP contribution is -2.52. The van der Waals surface area contributed by atoms with Gasteiger partial charge in [-0.05, 0) is 0 Å². The van der Waals surface area contributed by atoms with Crippen LogP contribution in [0, 0.1) is 0 Å². The molecule has 0 saturated carbocycles. The number of urea groups is 1. The maximum Gasteiger partial charge on any atom is 0.345 e. The second-order valence-electron chi connectivity index (χ2n) is 3.17. The van der Waals surface area contributed by atoms with Gasteiger partial charge >= 0.3 is 6.03 Å². The zero-order valence-electron chi connectivity index (χ0n) is 6.91. The van der Waals surface area contributed by atoms with Gasteiger partial charge in [0.15, 0.2) is 0 Å². The summed E-state index contributed by atoms with van der Waals surface area (Å²) in [4.78, 5) is 16.4. The second kappa shape index (κ2) is 2.20. The van der Waals surface area contributed by atoms with E-state index < -0.39 is 5.54 Å². The molecule has 0 aromatic heterocycles. The van der Waals surface area contributed by atoms with Crippen molar-refractivity contribution in [3.8, 4) is 0 Å². The molecule has 2 aliphatic rings. The minimum atomic E-state index is -0.433. The molecule has 2 heterocycles. The van der Waals surface area contributed by atoms with Crippen molar-refractivity contribution < 1.29 is 9.53 Å². The van der Waals surface area contributed by atoms with E-state index in [2.05, 4.69) is 4.99 Å². The van der Waals surface area contributed by atoms with Gasteiger partial charge in [-0.2, -0.15) is 4.99 Å². The predicted molar refractivity (Wildman–Crippen MR) is 42.9 cm³/mol. The van der Waals surface area contributed by atoms with Crippen molar-refractivity contribution in [1.29, 1.82) is 0 Å². The Morgan fingerprint density at radius 2 is 2.50 bits per heavy atom. The third kappa shape index (κ3) is 0.714. The van der Waals surface area contributed by atoms with E-state index in [9.17, 15) is 4.79 Å². The molecular weight excluding hydrogens is 158 g/mol. The molecule has 2 aliphatic heterocycles. The highest BCUT2D eigenvalue weighted by Crippen LogP contribution is 2.29. The van der Waals surface area contributed by atoms with Gasteiger partial charge in [-0.1, -0.05) is 0 Å². The number of amides is 2. The number of amidine groups is 1. The molecule has 5 nitrogen and oxygen atoms in total. The first-order valence-electron chi connectivity index (χ1n) is 3.87. The molecule has 2 N–H and O–H groups in total. The number of rotatable bonds is 0. The van der Waals surface area contributed by atoms with Crippen LogP contribution in [0.15, 0.2) is 4.99 Å². The zero-order chi connectivity index (χ0) is 8.77. The summed E-state index contributed by atoms with van der Waals surface area (Å²) in [6.07, 6.45) is 0.755. The number of carbonyl (C=O) groups excluding carboxylic acids is 1. The van der Waals surface area contributed by atoms with Crippen molar-refractivity contribution >= 4 is 11.9 Å². The highest BCUT2D eigenvalue weighted by Gasteiger charge is 2.49. The van der Waals surface area contributed by atoms with Gasteiger partial charge in [0.05, 0.1) is 6.61 Å². The molecule has 1 unspecified atom stereocenters. The van der Waals surface area contributed by atoms with Crippen LogP contribution in [0.1, 0.15) is 6.42 Å². The third-order valence-corrected chi connectivity index (χ3v) is 2.62. The van der Waals surface area contributed by atoms with Crippen molar-refractivity contribution in [3.05, 3.63) is 0 Å². The lowest BCUT2D eigenvalue weighted by atomic mass is 9.97. The molecule has 1 spiro atoms. The maximum atomic E-state index is 11.1. The quantitative estimate of drug-likeness (QED) is 0.535. The molecule has 0 radical (unpaired) electrons. The van der Waals surface area contributed by atoms with Crippen molar-refractivity contribution in [3.63, 3.8) is 0 Å². The lowest BCUT2D eigenvalue weighted by Gasteiger charge is -2.29. The van der Waals surface area contributed by atoms with Gasteiger partial charge in [-0.3, -0.25) is 0 Å². The van der Waals surface area contributed by atoms with Crippen LogP contribution in [0.2, 0.25) is 0 Å². The highest BCUT2D eigenvalue weighted by molar-refractivity contribution is 6.05. The molecule has 66 valence electrons. The van der Waals surface area contributed by atoms with E-state index in [1.54, 1.807) is 11.9 Å². The van der Waals surface area contributed by atoms with Crippen LogP contribution < -0.4 is 5.73 Å².